The third-order valence-electron chi connectivity index (χ3n) is 4.48. The minimum Gasteiger partial charge on any atom is -0.381 e. The first-order valence-electron chi connectivity index (χ1n) is 8.39. The van der Waals surface area contributed by atoms with Crippen LogP contribution in [-0.2, 0) is 4.74 Å². The molecule has 23 heavy (non-hydrogen) atoms. The molecular weight excluding hydrogens is 297 g/mol. The van der Waals surface area contributed by atoms with Crippen molar-refractivity contribution < 1.29 is 13.9 Å². The highest BCUT2D eigenvalue weighted by Crippen LogP contribution is 2.29. The fourth-order valence-electron chi connectivity index (χ4n) is 3.17. The van der Waals surface area contributed by atoms with Crippen molar-refractivity contribution in [2.45, 2.75) is 25.7 Å². The number of piperidine rings is 1. The first-order chi connectivity index (χ1) is 11.2. The number of urea groups is 1. The maximum absolute atomic E-state index is 13.6. The molecule has 2 aliphatic heterocycles. The molecule has 0 aliphatic carbocycles. The molecule has 2 fully saturated rings. The summed E-state index contributed by atoms with van der Waals surface area (Å²) in [4.78, 5) is 14.3. The van der Waals surface area contributed by atoms with Gasteiger partial charge in [-0.15, -0.1) is 0 Å². The number of hydrogen-bond acceptors (Lipinski definition) is 3. The van der Waals surface area contributed by atoms with Crippen molar-refractivity contribution in [1.29, 1.82) is 0 Å². The Balaban J connectivity index is 1.63. The molecule has 0 aromatic heterocycles. The lowest BCUT2D eigenvalue weighted by molar-refractivity contribution is 0.185. The van der Waals surface area contributed by atoms with Crippen LogP contribution in [0.1, 0.15) is 25.7 Å². The van der Waals surface area contributed by atoms with Gasteiger partial charge in [0.1, 0.15) is 5.82 Å². The second kappa shape index (κ2) is 7.64. The zero-order valence-corrected chi connectivity index (χ0v) is 13.3. The number of carbonyl (C=O) groups excluding carboxylic acids is 1. The highest BCUT2D eigenvalue weighted by atomic mass is 19.1. The number of ether oxygens (including phenoxy) is 1. The van der Waals surface area contributed by atoms with Gasteiger partial charge in [0.2, 0.25) is 0 Å². The predicted molar refractivity (Wildman–Crippen MR) is 88.4 cm³/mol. The van der Waals surface area contributed by atoms with Crippen molar-refractivity contribution in [3.05, 3.63) is 24.0 Å². The lowest BCUT2D eigenvalue weighted by Gasteiger charge is -2.30. The van der Waals surface area contributed by atoms with Gasteiger partial charge in [0.25, 0.3) is 0 Å². The van der Waals surface area contributed by atoms with Crippen LogP contribution >= 0.6 is 0 Å². The maximum Gasteiger partial charge on any atom is 0.319 e. The Morgan fingerprint density at radius 2 is 2.13 bits per heavy atom. The molecule has 5 nitrogen and oxygen atoms in total. The fraction of sp³-hybridized carbons (Fsp3) is 0.588. The van der Waals surface area contributed by atoms with E-state index in [0.29, 0.717) is 24.8 Å². The monoisotopic (exact) mass is 321 g/mol. The number of nitrogens with one attached hydrogen (secondary N) is 2. The van der Waals surface area contributed by atoms with Crippen molar-refractivity contribution >= 4 is 17.4 Å². The van der Waals surface area contributed by atoms with Gasteiger partial charge < -0.3 is 20.3 Å². The van der Waals surface area contributed by atoms with Gasteiger partial charge >= 0.3 is 6.03 Å². The maximum atomic E-state index is 13.6. The van der Waals surface area contributed by atoms with Crippen molar-refractivity contribution in [3.63, 3.8) is 0 Å². The zero-order valence-electron chi connectivity index (χ0n) is 13.3. The summed E-state index contributed by atoms with van der Waals surface area (Å²) in [5.41, 5.74) is 1.43. The number of hydrogen-bond donors (Lipinski definition) is 2. The number of anilines is 2. The Labute approximate surface area is 136 Å². The third kappa shape index (κ3) is 4.34. The summed E-state index contributed by atoms with van der Waals surface area (Å²) in [5.74, 6) is 0.0278. The Morgan fingerprint density at radius 1 is 1.30 bits per heavy atom. The lowest BCUT2D eigenvalue weighted by atomic mass is 10.1. The smallest absolute Gasteiger partial charge is 0.319 e. The number of halogens is 1. The summed E-state index contributed by atoms with van der Waals surface area (Å²) in [7, 11) is 0. The molecule has 2 amide bonds. The van der Waals surface area contributed by atoms with Crippen LogP contribution in [0.4, 0.5) is 20.6 Å². The summed E-state index contributed by atoms with van der Waals surface area (Å²) in [6, 6.07) is 4.30. The first kappa shape index (κ1) is 16.1. The number of benzene rings is 1. The van der Waals surface area contributed by atoms with Crippen LogP contribution in [0.3, 0.4) is 0 Å². The molecule has 1 atom stereocenters. The van der Waals surface area contributed by atoms with Gasteiger partial charge in [-0.2, -0.15) is 0 Å². The van der Waals surface area contributed by atoms with Crippen LogP contribution in [0, 0.1) is 11.7 Å². The largest absolute Gasteiger partial charge is 0.381 e. The molecule has 0 bridgehead atoms. The van der Waals surface area contributed by atoms with E-state index < -0.39 is 0 Å². The summed E-state index contributed by atoms with van der Waals surface area (Å²) in [6.07, 6.45) is 4.46. The van der Waals surface area contributed by atoms with E-state index >= 15 is 0 Å². The Morgan fingerprint density at radius 3 is 2.87 bits per heavy atom. The van der Waals surface area contributed by atoms with E-state index in [9.17, 15) is 9.18 Å². The summed E-state index contributed by atoms with van der Waals surface area (Å²) in [5, 5.41) is 5.65. The zero-order chi connectivity index (χ0) is 16.1. The minimum atomic E-state index is -0.342. The van der Waals surface area contributed by atoms with Crippen molar-refractivity contribution in [2.75, 3.05) is 43.1 Å². The van der Waals surface area contributed by atoms with Crippen molar-refractivity contribution in [1.82, 2.24) is 5.32 Å². The predicted octanol–water partition coefficient (Wildman–Crippen LogP) is 2.97. The first-order valence-corrected chi connectivity index (χ1v) is 8.39. The van der Waals surface area contributed by atoms with Gasteiger partial charge in [-0.1, -0.05) is 0 Å². The number of nitrogens with zero attached hydrogens (tertiary/aromatic N) is 1. The van der Waals surface area contributed by atoms with E-state index in [1.807, 2.05) is 0 Å². The van der Waals surface area contributed by atoms with Crippen LogP contribution < -0.4 is 15.5 Å². The quantitative estimate of drug-likeness (QED) is 0.896. The second-order valence-electron chi connectivity index (χ2n) is 6.27. The molecule has 2 N–H and O–H groups in total. The highest BCUT2D eigenvalue weighted by molar-refractivity contribution is 5.93. The molecule has 0 unspecified atom stereocenters. The van der Waals surface area contributed by atoms with Gasteiger partial charge in [-0.3, -0.25) is 0 Å². The van der Waals surface area contributed by atoms with Gasteiger partial charge in [-0.25, -0.2) is 9.18 Å². The molecule has 0 spiro atoms. The highest BCUT2D eigenvalue weighted by Gasteiger charge is 2.18. The fourth-order valence-corrected chi connectivity index (χ4v) is 3.17. The number of amides is 2. The van der Waals surface area contributed by atoms with E-state index in [1.165, 1.54) is 18.6 Å². The van der Waals surface area contributed by atoms with Gasteiger partial charge in [0.05, 0.1) is 18.0 Å². The third-order valence-corrected chi connectivity index (χ3v) is 4.48. The Hall–Kier alpha value is -1.82. The number of rotatable bonds is 4. The molecular formula is C17H24FN3O2. The summed E-state index contributed by atoms with van der Waals surface area (Å²) < 4.78 is 18.9. The van der Waals surface area contributed by atoms with E-state index in [4.69, 9.17) is 4.74 Å². The molecule has 0 radical (unpaired) electrons. The van der Waals surface area contributed by atoms with E-state index in [2.05, 4.69) is 15.5 Å². The van der Waals surface area contributed by atoms with Crippen LogP contribution in [-0.4, -0.2) is 38.9 Å². The molecule has 3 rings (SSSR count). The Kier molecular flexibility index (Phi) is 5.33. The lowest BCUT2D eigenvalue weighted by Crippen LogP contribution is -2.35. The van der Waals surface area contributed by atoms with E-state index in [-0.39, 0.29) is 11.8 Å². The Bertz CT molecular complexity index is 541. The van der Waals surface area contributed by atoms with Gasteiger partial charge in [0.15, 0.2) is 0 Å². The summed E-state index contributed by atoms with van der Waals surface area (Å²) in [6.45, 7) is 3.93. The summed E-state index contributed by atoms with van der Waals surface area (Å²) >= 11 is 0. The van der Waals surface area contributed by atoms with E-state index in [1.54, 1.807) is 6.07 Å². The molecule has 1 aromatic carbocycles. The molecule has 126 valence electrons. The average Bonchev–Trinajstić information content (AvgIpc) is 3.07. The second-order valence-corrected chi connectivity index (χ2v) is 6.27. The van der Waals surface area contributed by atoms with E-state index in [0.717, 1.165) is 44.6 Å². The minimum absolute atomic E-state index is 0.291. The molecule has 2 aliphatic rings. The standard InChI is InChI=1S/C17H24FN3O2/c18-14-4-5-16(21-7-2-1-3-8-21)15(10-14)20-17(22)19-11-13-6-9-23-12-13/h4-5,10,13H,1-3,6-9,11-12H2,(H2,19,20,22)/t13-/m0/s1. The van der Waals surface area contributed by atoms with Crippen LogP contribution in [0.25, 0.3) is 0 Å². The number of carbonyl (C=O) groups is 1. The van der Waals surface area contributed by atoms with Crippen LogP contribution in [0.2, 0.25) is 0 Å². The SMILES string of the molecule is O=C(NC[C@@H]1CCOC1)Nc1cc(F)ccc1N1CCCCC1. The van der Waals surface area contributed by atoms with Crippen molar-refractivity contribution in [3.8, 4) is 0 Å². The average molecular weight is 321 g/mol. The molecule has 2 saturated heterocycles. The molecule has 2 heterocycles. The van der Waals surface area contributed by atoms with Crippen LogP contribution in [0.15, 0.2) is 18.2 Å². The van der Waals surface area contributed by atoms with Gasteiger partial charge in [0, 0.05) is 32.2 Å². The topological polar surface area (TPSA) is 53.6 Å². The molecule has 1 aromatic rings. The van der Waals surface area contributed by atoms with Crippen molar-refractivity contribution in [2.24, 2.45) is 5.92 Å². The molecule has 6 heteroatoms. The molecule has 0 saturated carbocycles. The van der Waals surface area contributed by atoms with Gasteiger partial charge in [-0.05, 0) is 43.9 Å². The normalized spacial score (nSPS) is 21.3. The van der Waals surface area contributed by atoms with Crippen LogP contribution in [0.5, 0.6) is 0 Å².